The molecule has 0 spiro atoms. The summed E-state index contributed by atoms with van der Waals surface area (Å²) < 4.78 is 153. The van der Waals surface area contributed by atoms with E-state index in [0.717, 1.165) is 39.3 Å². The van der Waals surface area contributed by atoms with Gasteiger partial charge in [0, 0.05) is 48.5 Å². The van der Waals surface area contributed by atoms with Crippen LogP contribution in [-0.4, -0.2) is 14.1 Å². The Bertz CT molecular complexity index is 3860. The van der Waals surface area contributed by atoms with Gasteiger partial charge in [-0.1, -0.05) is 124 Å². The van der Waals surface area contributed by atoms with E-state index >= 15 is 0 Å². The lowest BCUT2D eigenvalue weighted by Crippen LogP contribution is -3.00. The number of fused-ring (bicyclic) bond motifs is 4. The Morgan fingerprint density at radius 3 is 1.98 bits per heavy atom. The minimum Gasteiger partial charge on any atom is -1.00 e. The average molecular weight is 818 g/mol. The first-order valence-corrected chi connectivity index (χ1v) is 19.0. The third kappa shape index (κ3) is 6.71. The zero-order valence-electron chi connectivity index (χ0n) is 48.6. The van der Waals surface area contributed by atoms with Crippen LogP contribution in [0.4, 0.5) is 0 Å². The van der Waals surface area contributed by atoms with E-state index in [0.29, 0.717) is 22.7 Å². The highest BCUT2D eigenvalue weighted by atomic mass is 35.5. The zero-order chi connectivity index (χ0) is 54.0. The first-order chi connectivity index (χ1) is 35.3. The normalized spacial score (nSPS) is 15.8. The summed E-state index contributed by atoms with van der Waals surface area (Å²) in [5.74, 6) is 1.62. The Hall–Kier alpha value is -6.95. The van der Waals surface area contributed by atoms with Gasteiger partial charge in [-0.05, 0) is 102 Å². The van der Waals surface area contributed by atoms with Crippen LogP contribution in [0.3, 0.4) is 0 Å². The molecule has 0 saturated carbocycles. The number of rotatable bonds is 7. The predicted octanol–water partition coefficient (Wildman–Crippen LogP) is 10.4. The largest absolute Gasteiger partial charge is 1.00 e. The van der Waals surface area contributed by atoms with Crippen molar-refractivity contribution in [3.8, 4) is 50.9 Å². The molecule has 10 aromatic rings. The Balaban J connectivity index is 0.00000706. The van der Waals surface area contributed by atoms with E-state index in [1.54, 1.807) is 59.3 Å². The molecule has 10 rings (SSSR count). The molecular formula is C54H45ClN4O. The van der Waals surface area contributed by atoms with Crippen molar-refractivity contribution in [1.82, 2.24) is 14.1 Å². The lowest BCUT2D eigenvalue weighted by atomic mass is 9.88. The van der Waals surface area contributed by atoms with Gasteiger partial charge in [0.1, 0.15) is 28.7 Å². The second kappa shape index (κ2) is 15.3. The van der Waals surface area contributed by atoms with Gasteiger partial charge < -0.3 is 17.1 Å². The van der Waals surface area contributed by atoms with Gasteiger partial charge in [0.15, 0.2) is 11.0 Å². The summed E-state index contributed by atoms with van der Waals surface area (Å²) in [6.07, 6.45) is 3.28. The van der Waals surface area contributed by atoms with Crippen molar-refractivity contribution in [1.29, 1.82) is 0 Å². The van der Waals surface area contributed by atoms with Crippen LogP contribution in [-0.2, 0) is 5.41 Å². The number of ether oxygens (including phenoxy) is 1. The number of imidazole rings is 1. The van der Waals surface area contributed by atoms with Gasteiger partial charge in [-0.15, -0.1) is 0 Å². The van der Waals surface area contributed by atoms with E-state index in [1.165, 1.54) is 10.9 Å². The third-order valence-corrected chi connectivity index (χ3v) is 10.5. The Morgan fingerprint density at radius 1 is 0.633 bits per heavy atom. The Labute approximate surface area is 379 Å². The molecule has 5 nitrogen and oxygen atoms in total. The first-order valence-electron chi connectivity index (χ1n) is 27.0. The van der Waals surface area contributed by atoms with Crippen LogP contribution in [0, 0.1) is 13.7 Å². The van der Waals surface area contributed by atoms with Gasteiger partial charge in [0.05, 0.1) is 24.7 Å². The lowest BCUT2D eigenvalue weighted by molar-refractivity contribution is -0.566. The number of hydrogen-bond donors (Lipinski definition) is 0. The lowest BCUT2D eigenvalue weighted by Gasteiger charge is -2.20. The number of aryl methyl sites for hydroxylation is 2. The summed E-state index contributed by atoms with van der Waals surface area (Å²) in [4.78, 5) is 4.80. The Kier molecular flexibility index (Phi) is 6.19. The number of hydrogen-bond acceptors (Lipinski definition) is 2. The van der Waals surface area contributed by atoms with Crippen molar-refractivity contribution in [2.24, 2.45) is 0 Å². The highest BCUT2D eigenvalue weighted by molar-refractivity contribution is 6.09. The molecule has 0 fully saturated rings. The fraction of sp³-hybridized carbons (Fsp3) is 0.111. The van der Waals surface area contributed by atoms with Gasteiger partial charge in [-0.3, -0.25) is 4.57 Å². The smallest absolute Gasteiger partial charge is 0.255 e. The topological polar surface area (TPSA) is 35.9 Å². The van der Waals surface area contributed by atoms with Crippen LogP contribution in [0.25, 0.3) is 72.3 Å². The average Bonchev–Trinajstić information content (AvgIpc) is 3.94. The second-order valence-corrected chi connectivity index (χ2v) is 15.2. The van der Waals surface area contributed by atoms with Gasteiger partial charge in [-0.2, -0.15) is 9.13 Å². The summed E-state index contributed by atoms with van der Waals surface area (Å²) in [7, 11) is 0. The first kappa shape index (κ1) is 24.2. The molecule has 294 valence electrons. The van der Waals surface area contributed by atoms with Gasteiger partial charge in [0.2, 0.25) is 0 Å². The number of pyridine rings is 1. The summed E-state index contributed by atoms with van der Waals surface area (Å²) in [5.41, 5.74) is -0.285. The molecule has 0 N–H and O–H groups in total. The van der Waals surface area contributed by atoms with E-state index in [1.807, 2.05) is 42.5 Å². The van der Waals surface area contributed by atoms with Crippen molar-refractivity contribution >= 4 is 32.8 Å². The predicted molar refractivity (Wildman–Crippen MR) is 243 cm³/mol. The van der Waals surface area contributed by atoms with E-state index in [9.17, 15) is 5.48 Å². The standard InChI is InChI=1S/C54H45N4O.ClH/c1-36-31-37(2)52(39-19-10-7-11-20-39)53(51(36)38-17-8-6-9-18-38)57-35-56(47-25-14-15-26-48(47)57)41-21-16-22-42(33-41)59-43-27-28-45-44-23-12-13-24-46(44)58(49(45)34-43)50-32-40(29-30-55-50)54(3,4)5;/h6-35H,1-5H3;1H/q+1;/p-1/i1D3,2D3,6D,7D,8D,9D,10D,11D,17D,18D,19D,20D;. The molecule has 0 aliphatic rings. The van der Waals surface area contributed by atoms with Crippen LogP contribution < -0.4 is 21.7 Å². The number of benzene rings is 7. The van der Waals surface area contributed by atoms with Crippen molar-refractivity contribution in [2.75, 3.05) is 0 Å². The van der Waals surface area contributed by atoms with Crippen LogP contribution >= 0.6 is 0 Å². The van der Waals surface area contributed by atoms with Crippen LogP contribution in [0.1, 0.15) is 59.4 Å². The molecular weight excluding hydrogens is 756 g/mol. The molecule has 0 bridgehead atoms. The van der Waals surface area contributed by atoms with Crippen LogP contribution in [0.2, 0.25) is 0 Å². The van der Waals surface area contributed by atoms with Gasteiger partial charge in [0.25, 0.3) is 6.33 Å². The molecule has 0 aliphatic carbocycles. The maximum Gasteiger partial charge on any atom is 0.255 e. The molecule has 0 unspecified atom stereocenters. The van der Waals surface area contributed by atoms with Gasteiger partial charge >= 0.3 is 0 Å². The number of para-hydroxylation sites is 3. The van der Waals surface area contributed by atoms with E-state index in [-0.39, 0.29) is 23.3 Å². The molecule has 6 heteroatoms. The van der Waals surface area contributed by atoms with E-state index in [4.69, 9.17) is 26.2 Å². The second-order valence-electron chi connectivity index (χ2n) is 15.2. The van der Waals surface area contributed by atoms with Crippen LogP contribution in [0.5, 0.6) is 11.5 Å². The molecule has 0 amide bonds. The van der Waals surface area contributed by atoms with Gasteiger partial charge in [-0.25, -0.2) is 4.98 Å². The van der Waals surface area contributed by atoms with Crippen molar-refractivity contribution in [3.63, 3.8) is 0 Å². The molecule has 0 saturated heterocycles. The molecule has 0 radical (unpaired) electrons. The monoisotopic (exact) mass is 816 g/mol. The van der Waals surface area contributed by atoms with Crippen molar-refractivity contribution in [2.45, 2.75) is 39.9 Å². The molecule has 3 heterocycles. The summed E-state index contributed by atoms with van der Waals surface area (Å²) >= 11 is 0. The number of nitrogens with zero attached hydrogens (tertiary/aromatic N) is 4. The highest BCUT2D eigenvalue weighted by Crippen LogP contribution is 2.40. The number of halogens is 1. The fourth-order valence-electron chi connectivity index (χ4n) is 7.76. The van der Waals surface area contributed by atoms with E-state index < -0.39 is 113 Å². The maximum atomic E-state index is 9.18. The third-order valence-electron chi connectivity index (χ3n) is 10.5. The van der Waals surface area contributed by atoms with E-state index in [2.05, 4.69) is 37.5 Å². The van der Waals surface area contributed by atoms with Crippen LogP contribution in [0.15, 0.2) is 182 Å². The maximum absolute atomic E-state index is 9.18. The molecule has 0 atom stereocenters. The quantitative estimate of drug-likeness (QED) is 0.150. The molecule has 0 aliphatic heterocycles. The van der Waals surface area contributed by atoms with Crippen molar-refractivity contribution in [3.05, 3.63) is 199 Å². The SMILES string of the molecule is [2H]c1c([2H])c([2H])c(-c2c(C([2H])([2H])[2H])cc(C([2H])([2H])[2H])c(-c3c([2H])c([2H])c([2H])c([2H])c3[2H])c2-[n+]2cn(-c3cccc(Oc4ccc5c6ccccc6n(-c6cc(C(C)(C)C)ccn6)c5c4)c3)c3ccccc32)c([2H])c1[2H].[Cl-]. The molecule has 60 heavy (non-hydrogen) atoms. The summed E-state index contributed by atoms with van der Waals surface area (Å²) in [5, 5.41) is 2.00. The number of aromatic nitrogens is 4. The molecule has 3 aromatic heterocycles. The highest BCUT2D eigenvalue weighted by Gasteiger charge is 2.27. The van der Waals surface area contributed by atoms with Crippen molar-refractivity contribution < 1.29 is 43.6 Å². The zero-order valence-corrected chi connectivity index (χ0v) is 33.4. The minimum absolute atomic E-state index is 0. The fourth-order valence-corrected chi connectivity index (χ4v) is 7.76. The Morgan fingerprint density at radius 2 is 1.28 bits per heavy atom. The summed E-state index contributed by atoms with van der Waals surface area (Å²) in [6, 6.07) is 24.3. The summed E-state index contributed by atoms with van der Waals surface area (Å²) in [6.45, 7) is -0.0368. The minimum atomic E-state index is -3.24. The molecule has 7 aromatic carbocycles.